The average Bonchev–Trinajstić information content (AvgIpc) is 2.84. The molecule has 21 heavy (non-hydrogen) atoms. The van der Waals surface area contributed by atoms with Crippen molar-refractivity contribution < 1.29 is 14.7 Å². The highest BCUT2D eigenvalue weighted by Gasteiger charge is 2.09. The summed E-state index contributed by atoms with van der Waals surface area (Å²) in [5, 5.41) is 15.6. The zero-order chi connectivity index (χ0) is 15.4. The molecule has 2 amide bonds. The summed E-state index contributed by atoms with van der Waals surface area (Å²) < 4.78 is 0. The number of benzene rings is 1. The van der Waals surface area contributed by atoms with E-state index >= 15 is 0 Å². The second-order valence-electron chi connectivity index (χ2n) is 3.98. The molecule has 110 valence electrons. The van der Waals surface area contributed by atoms with Crippen LogP contribution in [0.3, 0.4) is 0 Å². The number of anilines is 1. The molecule has 1 aromatic heterocycles. The van der Waals surface area contributed by atoms with Crippen LogP contribution in [0.1, 0.15) is 16.1 Å². The molecule has 9 heteroatoms. The van der Waals surface area contributed by atoms with Crippen LogP contribution in [-0.2, 0) is 6.54 Å². The van der Waals surface area contributed by atoms with Crippen LogP contribution in [0.15, 0.2) is 28.4 Å². The first-order valence-electron chi connectivity index (χ1n) is 5.70. The highest BCUT2D eigenvalue weighted by molar-refractivity contribution is 7.07. The second kappa shape index (κ2) is 6.42. The third-order valence-electron chi connectivity index (χ3n) is 2.47. The van der Waals surface area contributed by atoms with E-state index < -0.39 is 12.0 Å². The number of aromatic carboxylic acids is 1. The Labute approximate surface area is 127 Å². The number of carboxylic acids is 1. The lowest BCUT2D eigenvalue weighted by atomic mass is 10.2. The number of H-pyrrole nitrogens is 1. The molecule has 2 aromatic rings. The van der Waals surface area contributed by atoms with E-state index in [0.717, 1.165) is 11.3 Å². The fraction of sp³-hybridized carbons (Fsp3) is 0.0833. The molecule has 7 nitrogen and oxygen atoms in total. The number of hydrogen-bond donors (Lipinski definition) is 4. The van der Waals surface area contributed by atoms with E-state index in [1.165, 1.54) is 18.2 Å². The van der Waals surface area contributed by atoms with Crippen LogP contribution in [0.5, 0.6) is 0 Å². The summed E-state index contributed by atoms with van der Waals surface area (Å²) in [7, 11) is 0. The van der Waals surface area contributed by atoms with Gasteiger partial charge in [-0.1, -0.05) is 22.9 Å². The third kappa shape index (κ3) is 4.07. The van der Waals surface area contributed by atoms with Crippen LogP contribution in [0.4, 0.5) is 10.5 Å². The van der Waals surface area contributed by atoms with Crippen molar-refractivity contribution in [1.82, 2.24) is 10.3 Å². The standard InChI is InChI=1S/C12H10ClN3O4S/c13-8-3-6(10(17)18)1-2-9(8)16-11(19)14-4-7-5-21-12(20)15-7/h1-3,5H,4H2,(H,15,20)(H,17,18)(H2,14,16,19). The molecule has 4 N–H and O–H groups in total. The number of rotatable bonds is 4. The largest absolute Gasteiger partial charge is 0.478 e. The maximum atomic E-state index is 11.7. The van der Waals surface area contributed by atoms with Crippen LogP contribution in [0.2, 0.25) is 5.02 Å². The zero-order valence-corrected chi connectivity index (χ0v) is 12.0. The number of thiazole rings is 1. The lowest BCUT2D eigenvalue weighted by Crippen LogP contribution is -2.28. The molecule has 0 saturated carbocycles. The van der Waals surface area contributed by atoms with Gasteiger partial charge in [0.05, 0.1) is 22.8 Å². The predicted molar refractivity (Wildman–Crippen MR) is 79.2 cm³/mol. The van der Waals surface area contributed by atoms with Crippen molar-refractivity contribution in [3.05, 3.63) is 49.5 Å². The Morgan fingerprint density at radius 2 is 2.14 bits per heavy atom. The molecule has 0 radical (unpaired) electrons. The first-order valence-corrected chi connectivity index (χ1v) is 6.96. The number of carbonyl (C=O) groups excluding carboxylic acids is 1. The average molecular weight is 328 g/mol. The minimum Gasteiger partial charge on any atom is -0.478 e. The van der Waals surface area contributed by atoms with Gasteiger partial charge < -0.3 is 20.7 Å². The van der Waals surface area contributed by atoms with E-state index in [1.807, 2.05) is 0 Å². The minimum atomic E-state index is -1.10. The van der Waals surface area contributed by atoms with Gasteiger partial charge in [0.25, 0.3) is 0 Å². The Hall–Kier alpha value is -2.32. The number of nitrogens with one attached hydrogen (secondary N) is 3. The summed E-state index contributed by atoms with van der Waals surface area (Å²) in [6.45, 7) is 0.162. The summed E-state index contributed by atoms with van der Waals surface area (Å²) in [4.78, 5) is 35.7. The van der Waals surface area contributed by atoms with Crippen molar-refractivity contribution in [3.63, 3.8) is 0 Å². The third-order valence-corrected chi connectivity index (χ3v) is 3.51. The lowest BCUT2D eigenvalue weighted by molar-refractivity contribution is 0.0697. The minimum absolute atomic E-state index is 0.0295. The van der Waals surface area contributed by atoms with Gasteiger partial charge in [-0.25, -0.2) is 9.59 Å². The molecule has 0 aliphatic heterocycles. The number of carboxylic acid groups (broad SMARTS) is 1. The predicted octanol–water partition coefficient (Wildman–Crippen LogP) is 2.11. The molecular weight excluding hydrogens is 318 g/mol. The van der Waals surface area contributed by atoms with Crippen molar-refractivity contribution in [1.29, 1.82) is 0 Å². The summed E-state index contributed by atoms with van der Waals surface area (Å²) in [5.74, 6) is -1.10. The number of hydrogen-bond acceptors (Lipinski definition) is 4. The highest BCUT2D eigenvalue weighted by atomic mass is 35.5. The maximum Gasteiger partial charge on any atom is 0.335 e. The number of aromatic nitrogens is 1. The topological polar surface area (TPSA) is 111 Å². The van der Waals surface area contributed by atoms with Crippen LogP contribution in [0, 0.1) is 0 Å². The van der Waals surface area contributed by atoms with Gasteiger partial charge in [0.2, 0.25) is 0 Å². The summed E-state index contributed by atoms with van der Waals surface area (Å²) in [6.07, 6.45) is 0. The van der Waals surface area contributed by atoms with Gasteiger partial charge in [-0.2, -0.15) is 0 Å². The van der Waals surface area contributed by atoms with E-state index in [9.17, 15) is 14.4 Å². The first kappa shape index (κ1) is 15.1. The van der Waals surface area contributed by atoms with Crippen molar-refractivity contribution in [3.8, 4) is 0 Å². The highest BCUT2D eigenvalue weighted by Crippen LogP contribution is 2.22. The van der Waals surface area contributed by atoms with Gasteiger partial charge in [0.15, 0.2) is 0 Å². The van der Waals surface area contributed by atoms with Crippen molar-refractivity contribution in [2.75, 3.05) is 5.32 Å². The molecule has 0 aliphatic carbocycles. The first-order chi connectivity index (χ1) is 9.95. The van der Waals surface area contributed by atoms with Crippen molar-refractivity contribution in [2.45, 2.75) is 6.54 Å². The van der Waals surface area contributed by atoms with E-state index in [1.54, 1.807) is 5.38 Å². The number of aromatic amines is 1. The molecule has 0 aliphatic rings. The molecule has 1 aromatic carbocycles. The Morgan fingerprint density at radius 3 is 2.71 bits per heavy atom. The van der Waals surface area contributed by atoms with Crippen molar-refractivity contribution >= 4 is 40.6 Å². The number of carbonyl (C=O) groups is 2. The Balaban J connectivity index is 1.96. The van der Waals surface area contributed by atoms with E-state index in [4.69, 9.17) is 16.7 Å². The molecule has 2 rings (SSSR count). The summed E-state index contributed by atoms with van der Waals surface area (Å²) >= 11 is 6.89. The Bertz CT molecular complexity index is 740. The lowest BCUT2D eigenvalue weighted by Gasteiger charge is -2.08. The fourth-order valence-corrected chi connectivity index (χ4v) is 2.30. The molecule has 0 bridgehead atoms. The van der Waals surface area contributed by atoms with Crippen LogP contribution in [0.25, 0.3) is 0 Å². The number of halogens is 1. The van der Waals surface area contributed by atoms with Gasteiger partial charge in [-0.05, 0) is 18.2 Å². The van der Waals surface area contributed by atoms with Gasteiger partial charge in [-0.3, -0.25) is 4.79 Å². The molecule has 1 heterocycles. The van der Waals surface area contributed by atoms with E-state index in [2.05, 4.69) is 15.6 Å². The molecule has 0 spiro atoms. The van der Waals surface area contributed by atoms with Gasteiger partial charge in [0, 0.05) is 11.1 Å². The van der Waals surface area contributed by atoms with E-state index in [0.29, 0.717) is 5.69 Å². The van der Waals surface area contributed by atoms with Gasteiger partial charge in [0.1, 0.15) is 0 Å². The van der Waals surface area contributed by atoms with Crippen molar-refractivity contribution in [2.24, 2.45) is 0 Å². The SMILES string of the molecule is O=C(NCc1csc(=O)[nH]1)Nc1ccc(C(=O)O)cc1Cl. The van der Waals surface area contributed by atoms with Crippen LogP contribution >= 0.6 is 22.9 Å². The summed E-state index contributed by atoms with van der Waals surface area (Å²) in [6, 6.07) is 3.46. The normalized spacial score (nSPS) is 10.1. The summed E-state index contributed by atoms with van der Waals surface area (Å²) in [5.41, 5.74) is 0.909. The number of amides is 2. The van der Waals surface area contributed by atoms with Gasteiger partial charge >= 0.3 is 16.9 Å². The van der Waals surface area contributed by atoms with Gasteiger partial charge in [-0.15, -0.1) is 0 Å². The molecule has 0 atom stereocenters. The quantitative estimate of drug-likeness (QED) is 0.689. The Kier molecular flexibility index (Phi) is 4.61. The monoisotopic (exact) mass is 327 g/mol. The second-order valence-corrected chi connectivity index (χ2v) is 5.23. The molecule has 0 fully saturated rings. The molecule has 0 saturated heterocycles. The van der Waals surface area contributed by atoms with Crippen LogP contribution < -0.4 is 15.5 Å². The molecular formula is C12H10ClN3O4S. The zero-order valence-electron chi connectivity index (χ0n) is 10.5. The maximum absolute atomic E-state index is 11.7. The molecule has 0 unspecified atom stereocenters. The fourth-order valence-electron chi connectivity index (χ4n) is 1.49. The van der Waals surface area contributed by atoms with Crippen LogP contribution in [-0.4, -0.2) is 22.1 Å². The van der Waals surface area contributed by atoms with E-state index in [-0.39, 0.29) is 27.7 Å². The Morgan fingerprint density at radius 1 is 1.38 bits per heavy atom. The number of urea groups is 1. The smallest absolute Gasteiger partial charge is 0.335 e.